The van der Waals surface area contributed by atoms with E-state index in [1.807, 2.05) is 6.20 Å². The Balaban J connectivity index is 1.77. The van der Waals surface area contributed by atoms with E-state index in [0.717, 1.165) is 11.6 Å². The van der Waals surface area contributed by atoms with E-state index >= 15 is 0 Å². The lowest BCUT2D eigenvalue weighted by molar-refractivity contribution is 0.619. The molecule has 0 unspecified atom stereocenters. The molecule has 98 valence electrons. The first-order valence-corrected chi connectivity index (χ1v) is 8.62. The minimum absolute atomic E-state index is 0.282. The number of aryl methyl sites for hydroxylation is 1. The van der Waals surface area contributed by atoms with E-state index < -0.39 is 0 Å². The second-order valence-corrected chi connectivity index (χ2v) is 7.49. The lowest BCUT2D eigenvalue weighted by atomic mass is 10.2. The summed E-state index contributed by atoms with van der Waals surface area (Å²) in [6.45, 7) is 2.91. The third-order valence-electron chi connectivity index (χ3n) is 2.78. The fraction of sp³-hybridized carbons (Fsp3) is 0.214. The molecule has 0 saturated heterocycles. The predicted octanol–water partition coefficient (Wildman–Crippen LogP) is 4.45. The molecule has 3 aromatic heterocycles. The topological polar surface area (TPSA) is 24.9 Å². The van der Waals surface area contributed by atoms with Gasteiger partial charge in [0.25, 0.3) is 0 Å². The largest absolute Gasteiger partial charge is 0.298 e. The highest BCUT2D eigenvalue weighted by molar-refractivity contribution is 7.12. The van der Waals surface area contributed by atoms with Gasteiger partial charge in [0.15, 0.2) is 0 Å². The van der Waals surface area contributed by atoms with Crippen molar-refractivity contribution in [3.63, 3.8) is 0 Å². The van der Waals surface area contributed by atoms with Crippen LogP contribution in [0.3, 0.4) is 0 Å². The van der Waals surface area contributed by atoms with Crippen LogP contribution < -0.4 is 5.32 Å². The summed E-state index contributed by atoms with van der Waals surface area (Å²) in [6.07, 6.45) is 1.94. The summed E-state index contributed by atoms with van der Waals surface area (Å²) < 4.78 is 0. The molecule has 19 heavy (non-hydrogen) atoms. The molecule has 0 aliphatic heterocycles. The number of hydrogen-bond acceptors (Lipinski definition) is 5. The van der Waals surface area contributed by atoms with Crippen LogP contribution in [0, 0.1) is 6.92 Å². The maximum Gasteiger partial charge on any atom is 0.107 e. The van der Waals surface area contributed by atoms with E-state index in [4.69, 9.17) is 0 Å². The van der Waals surface area contributed by atoms with Gasteiger partial charge in [-0.15, -0.1) is 34.0 Å². The van der Waals surface area contributed by atoms with Crippen LogP contribution in [-0.2, 0) is 6.54 Å². The van der Waals surface area contributed by atoms with Crippen LogP contribution in [-0.4, -0.2) is 4.98 Å². The molecule has 5 heteroatoms. The maximum absolute atomic E-state index is 4.41. The van der Waals surface area contributed by atoms with Gasteiger partial charge in [-0.3, -0.25) is 5.32 Å². The zero-order valence-corrected chi connectivity index (χ0v) is 12.9. The Bertz CT molecular complexity index is 577. The molecule has 0 aromatic carbocycles. The Hall–Kier alpha value is -1.01. The van der Waals surface area contributed by atoms with E-state index in [-0.39, 0.29) is 6.04 Å². The van der Waals surface area contributed by atoms with Crippen LogP contribution in [0.1, 0.15) is 25.7 Å². The van der Waals surface area contributed by atoms with Crippen molar-refractivity contribution in [1.29, 1.82) is 0 Å². The Morgan fingerprint density at radius 3 is 2.32 bits per heavy atom. The second-order valence-electron chi connectivity index (χ2n) is 4.21. The molecule has 0 atom stereocenters. The summed E-state index contributed by atoms with van der Waals surface area (Å²) in [4.78, 5) is 8.39. The van der Waals surface area contributed by atoms with Crippen molar-refractivity contribution in [2.24, 2.45) is 0 Å². The van der Waals surface area contributed by atoms with Crippen LogP contribution in [0.2, 0.25) is 0 Å². The minimum atomic E-state index is 0.282. The molecule has 0 aliphatic carbocycles. The molecule has 0 bridgehead atoms. The lowest BCUT2D eigenvalue weighted by Crippen LogP contribution is -2.20. The van der Waals surface area contributed by atoms with Crippen LogP contribution in [0.25, 0.3) is 0 Å². The molecular formula is C14H14N2S3. The molecule has 2 nitrogen and oxygen atoms in total. The van der Waals surface area contributed by atoms with Crippen molar-refractivity contribution in [2.45, 2.75) is 19.5 Å². The van der Waals surface area contributed by atoms with E-state index in [1.165, 1.54) is 14.6 Å². The standard InChI is InChI=1S/C14H14N2S3/c1-10-8-15-13(19-10)9-16-14(11-4-2-6-17-11)12-5-3-7-18-12/h2-8,14,16H,9H2,1H3. The molecule has 0 radical (unpaired) electrons. The van der Waals surface area contributed by atoms with Crippen LogP contribution in [0.15, 0.2) is 41.2 Å². The van der Waals surface area contributed by atoms with Crippen molar-refractivity contribution < 1.29 is 0 Å². The summed E-state index contributed by atoms with van der Waals surface area (Å²) in [6, 6.07) is 8.87. The lowest BCUT2D eigenvalue weighted by Gasteiger charge is -2.15. The first kappa shape index (κ1) is 13.0. The van der Waals surface area contributed by atoms with Gasteiger partial charge in [-0.1, -0.05) is 12.1 Å². The van der Waals surface area contributed by atoms with E-state index in [2.05, 4.69) is 52.3 Å². The highest BCUT2D eigenvalue weighted by Gasteiger charge is 2.16. The third-order valence-corrected chi connectivity index (χ3v) is 5.57. The van der Waals surface area contributed by atoms with Crippen molar-refractivity contribution >= 4 is 34.0 Å². The molecule has 0 fully saturated rings. The number of nitrogens with zero attached hydrogens (tertiary/aromatic N) is 1. The highest BCUT2D eigenvalue weighted by atomic mass is 32.1. The van der Waals surface area contributed by atoms with Crippen molar-refractivity contribution in [2.75, 3.05) is 0 Å². The number of aromatic nitrogens is 1. The van der Waals surface area contributed by atoms with Crippen LogP contribution in [0.4, 0.5) is 0 Å². The smallest absolute Gasteiger partial charge is 0.107 e. The van der Waals surface area contributed by atoms with Crippen LogP contribution >= 0.6 is 34.0 Å². The monoisotopic (exact) mass is 306 g/mol. The fourth-order valence-corrected chi connectivity index (χ4v) is 4.37. The van der Waals surface area contributed by atoms with Gasteiger partial charge in [0.2, 0.25) is 0 Å². The zero-order chi connectivity index (χ0) is 13.1. The molecule has 3 aromatic rings. The van der Waals surface area contributed by atoms with Gasteiger partial charge >= 0.3 is 0 Å². The number of nitrogens with one attached hydrogen (secondary N) is 1. The summed E-state index contributed by atoms with van der Waals surface area (Å²) in [5, 5.41) is 9.03. The quantitative estimate of drug-likeness (QED) is 0.753. The van der Waals surface area contributed by atoms with E-state index in [0.29, 0.717) is 0 Å². The van der Waals surface area contributed by atoms with Gasteiger partial charge in [0, 0.05) is 27.4 Å². The molecule has 3 heterocycles. The Morgan fingerprint density at radius 1 is 1.16 bits per heavy atom. The van der Waals surface area contributed by atoms with Gasteiger partial charge < -0.3 is 0 Å². The SMILES string of the molecule is Cc1cnc(CNC(c2cccs2)c2cccs2)s1. The van der Waals surface area contributed by atoms with Gasteiger partial charge in [0.05, 0.1) is 6.04 Å². The van der Waals surface area contributed by atoms with Gasteiger partial charge in [-0.2, -0.15) is 0 Å². The molecule has 3 rings (SSSR count). The number of rotatable bonds is 5. The summed E-state index contributed by atoms with van der Waals surface area (Å²) in [5.74, 6) is 0. The minimum Gasteiger partial charge on any atom is -0.298 e. The molecule has 0 saturated carbocycles. The molecule has 1 N–H and O–H groups in total. The molecule has 0 aliphatic rings. The second kappa shape index (κ2) is 5.96. The first-order chi connectivity index (χ1) is 9.33. The third kappa shape index (κ3) is 3.12. The Morgan fingerprint density at radius 2 is 1.84 bits per heavy atom. The molecule has 0 spiro atoms. The van der Waals surface area contributed by atoms with E-state index in [9.17, 15) is 0 Å². The summed E-state index contributed by atoms with van der Waals surface area (Å²) in [7, 11) is 0. The summed E-state index contributed by atoms with van der Waals surface area (Å²) >= 11 is 5.35. The van der Waals surface area contributed by atoms with Gasteiger partial charge in [-0.25, -0.2) is 4.98 Å². The molecular weight excluding hydrogens is 292 g/mol. The van der Waals surface area contributed by atoms with Crippen LogP contribution in [0.5, 0.6) is 0 Å². The van der Waals surface area contributed by atoms with Gasteiger partial charge in [-0.05, 0) is 29.8 Å². The fourth-order valence-electron chi connectivity index (χ4n) is 1.92. The summed E-state index contributed by atoms with van der Waals surface area (Å²) in [5.41, 5.74) is 0. The number of hydrogen-bond donors (Lipinski definition) is 1. The average Bonchev–Trinajstić information content (AvgIpc) is 3.11. The Kier molecular flexibility index (Phi) is 4.08. The highest BCUT2D eigenvalue weighted by Crippen LogP contribution is 2.29. The molecule has 0 amide bonds. The Labute approximate surface area is 124 Å². The van der Waals surface area contributed by atoms with Crippen molar-refractivity contribution in [3.05, 3.63) is 60.9 Å². The number of thiazole rings is 1. The van der Waals surface area contributed by atoms with Crippen molar-refractivity contribution in [3.8, 4) is 0 Å². The maximum atomic E-state index is 4.41. The normalized spacial score (nSPS) is 11.3. The number of thiophene rings is 2. The average molecular weight is 306 g/mol. The van der Waals surface area contributed by atoms with E-state index in [1.54, 1.807) is 34.0 Å². The first-order valence-electron chi connectivity index (χ1n) is 6.04. The van der Waals surface area contributed by atoms with Gasteiger partial charge in [0.1, 0.15) is 5.01 Å². The zero-order valence-electron chi connectivity index (χ0n) is 10.5. The predicted molar refractivity (Wildman–Crippen MR) is 84.2 cm³/mol. The van der Waals surface area contributed by atoms with Crippen molar-refractivity contribution in [1.82, 2.24) is 10.3 Å².